The van der Waals surface area contributed by atoms with Crippen LogP contribution in [0.15, 0.2) is 36.8 Å². The van der Waals surface area contributed by atoms with Crippen LogP contribution < -0.4 is 11.1 Å². The highest BCUT2D eigenvalue weighted by molar-refractivity contribution is 6.37. The van der Waals surface area contributed by atoms with Crippen LogP contribution in [0.1, 0.15) is 48.5 Å². The molecule has 0 bridgehead atoms. The molecule has 0 saturated heterocycles. The van der Waals surface area contributed by atoms with E-state index < -0.39 is 5.82 Å². The lowest BCUT2D eigenvalue weighted by Gasteiger charge is -2.25. The number of nitrogens with one attached hydrogen (secondary N) is 1. The number of pyridine rings is 1. The molecule has 7 nitrogen and oxygen atoms in total. The first-order valence-corrected chi connectivity index (χ1v) is 12.1. The van der Waals surface area contributed by atoms with Crippen molar-refractivity contribution in [3.05, 3.63) is 58.8 Å². The van der Waals surface area contributed by atoms with Gasteiger partial charge in [0.15, 0.2) is 5.65 Å². The Hall–Kier alpha value is -2.68. The van der Waals surface area contributed by atoms with Gasteiger partial charge < -0.3 is 25.1 Å². The number of benzene rings is 1. The van der Waals surface area contributed by atoms with E-state index in [0.29, 0.717) is 49.7 Å². The van der Waals surface area contributed by atoms with E-state index in [1.807, 2.05) is 6.92 Å². The van der Waals surface area contributed by atoms with Crippen molar-refractivity contribution in [2.75, 3.05) is 38.2 Å². The molecule has 3 rings (SSSR count). The molecule has 0 aliphatic rings. The van der Waals surface area contributed by atoms with E-state index in [2.05, 4.69) is 17.2 Å². The van der Waals surface area contributed by atoms with Gasteiger partial charge in [-0.3, -0.25) is 4.79 Å². The summed E-state index contributed by atoms with van der Waals surface area (Å²) in [6.45, 7) is 6.54. The first-order valence-electron chi connectivity index (χ1n) is 11.7. The highest BCUT2D eigenvalue weighted by Crippen LogP contribution is 2.34. The number of carbonyl (C=O) groups excluding carboxylic acids is 1. The summed E-state index contributed by atoms with van der Waals surface area (Å²) in [7, 11) is 0. The maximum atomic E-state index is 14.6. The molecule has 9 heteroatoms. The van der Waals surface area contributed by atoms with E-state index >= 15 is 0 Å². The summed E-state index contributed by atoms with van der Waals surface area (Å²) in [5, 5.41) is 3.29. The Balaban J connectivity index is 1.94. The van der Waals surface area contributed by atoms with Crippen molar-refractivity contribution in [2.24, 2.45) is 5.73 Å². The summed E-state index contributed by atoms with van der Waals surface area (Å²) in [6.07, 6.45) is 8.61. The Bertz CT molecular complexity index is 1100. The van der Waals surface area contributed by atoms with Gasteiger partial charge in [0.2, 0.25) is 0 Å². The molecule has 2 heterocycles. The van der Waals surface area contributed by atoms with E-state index in [4.69, 9.17) is 22.1 Å². The Morgan fingerprint density at radius 2 is 2.09 bits per heavy atom. The van der Waals surface area contributed by atoms with E-state index in [9.17, 15) is 9.18 Å². The zero-order valence-electron chi connectivity index (χ0n) is 19.8. The molecule has 34 heavy (non-hydrogen) atoms. The van der Waals surface area contributed by atoms with Crippen molar-refractivity contribution in [3.8, 4) is 0 Å². The molecule has 0 atom stereocenters. The Kier molecular flexibility index (Phi) is 9.68. The van der Waals surface area contributed by atoms with E-state index in [1.165, 1.54) is 6.07 Å². The molecule has 0 spiro atoms. The second kappa shape index (κ2) is 12.7. The van der Waals surface area contributed by atoms with E-state index in [-0.39, 0.29) is 16.6 Å². The minimum absolute atomic E-state index is 0.219. The van der Waals surface area contributed by atoms with Gasteiger partial charge in [0.25, 0.3) is 5.91 Å². The number of anilines is 2. The number of hydrogen-bond donors (Lipinski definition) is 2. The van der Waals surface area contributed by atoms with Crippen LogP contribution in [0.5, 0.6) is 0 Å². The molecule has 0 aliphatic heterocycles. The highest BCUT2D eigenvalue weighted by Gasteiger charge is 2.24. The van der Waals surface area contributed by atoms with Gasteiger partial charge >= 0.3 is 0 Å². The maximum absolute atomic E-state index is 14.6. The third-order valence-electron chi connectivity index (χ3n) is 5.55. The minimum Gasteiger partial charge on any atom is -0.380 e. The number of rotatable bonds is 13. The average Bonchev–Trinajstić information content (AvgIpc) is 3.29. The number of halogens is 2. The molecular formula is C25H33ClFN5O2. The van der Waals surface area contributed by atoms with Gasteiger partial charge in [-0.05, 0) is 50.4 Å². The first-order chi connectivity index (χ1) is 16.5. The molecular weight excluding hydrogens is 457 g/mol. The predicted molar refractivity (Wildman–Crippen MR) is 135 cm³/mol. The van der Waals surface area contributed by atoms with E-state index in [0.717, 1.165) is 31.2 Å². The zero-order valence-corrected chi connectivity index (χ0v) is 20.6. The number of unbranched alkanes of at least 4 members (excludes halogenated alkanes) is 2. The van der Waals surface area contributed by atoms with Gasteiger partial charge in [0, 0.05) is 38.3 Å². The van der Waals surface area contributed by atoms with E-state index in [1.54, 1.807) is 40.0 Å². The molecule has 3 aromatic rings. The lowest BCUT2D eigenvalue weighted by atomic mass is 10.1. The van der Waals surface area contributed by atoms with Crippen molar-refractivity contribution in [2.45, 2.75) is 39.5 Å². The number of ether oxygens (including phenoxy) is 1. The second-order valence-corrected chi connectivity index (χ2v) is 8.63. The average molecular weight is 490 g/mol. The SMILES string of the molecule is CCCCOCCN(CCCCN)C(=O)c1cn2ccnc2c(Cl)c1Nc1ccc(C)cc1F. The summed E-state index contributed by atoms with van der Waals surface area (Å²) >= 11 is 6.68. The van der Waals surface area contributed by atoms with Crippen LogP contribution in [0, 0.1) is 12.7 Å². The summed E-state index contributed by atoms with van der Waals surface area (Å²) in [5.41, 5.74) is 7.82. The fourth-order valence-electron chi connectivity index (χ4n) is 3.62. The van der Waals surface area contributed by atoms with Crippen molar-refractivity contribution in [3.63, 3.8) is 0 Å². The third-order valence-corrected chi connectivity index (χ3v) is 5.91. The molecule has 0 saturated carbocycles. The number of nitrogens with two attached hydrogens (primary N) is 1. The number of nitrogens with zero attached hydrogens (tertiary/aromatic N) is 3. The van der Waals surface area contributed by atoms with Crippen molar-refractivity contribution in [1.29, 1.82) is 0 Å². The van der Waals surface area contributed by atoms with Gasteiger partial charge in [0.05, 0.1) is 23.5 Å². The number of aromatic nitrogens is 2. The topological polar surface area (TPSA) is 84.9 Å². The van der Waals surface area contributed by atoms with Crippen LogP contribution in [0.4, 0.5) is 15.8 Å². The molecule has 2 aromatic heterocycles. The number of amides is 1. The van der Waals surface area contributed by atoms with Gasteiger partial charge in [-0.1, -0.05) is 31.0 Å². The van der Waals surface area contributed by atoms with Crippen LogP contribution >= 0.6 is 11.6 Å². The van der Waals surface area contributed by atoms with Crippen molar-refractivity contribution >= 4 is 34.5 Å². The number of fused-ring (bicyclic) bond motifs is 1. The van der Waals surface area contributed by atoms with Gasteiger partial charge in [-0.25, -0.2) is 9.37 Å². The number of aryl methyl sites for hydroxylation is 1. The summed E-state index contributed by atoms with van der Waals surface area (Å²) < 4.78 is 22.0. The molecule has 1 amide bonds. The van der Waals surface area contributed by atoms with Gasteiger partial charge in [-0.2, -0.15) is 0 Å². The van der Waals surface area contributed by atoms with Gasteiger partial charge in [-0.15, -0.1) is 0 Å². The van der Waals surface area contributed by atoms with Crippen LogP contribution in [0.25, 0.3) is 5.65 Å². The molecule has 184 valence electrons. The zero-order chi connectivity index (χ0) is 24.5. The predicted octanol–water partition coefficient (Wildman–Crippen LogP) is 5.18. The van der Waals surface area contributed by atoms with Crippen LogP contribution in [0.3, 0.4) is 0 Å². The number of carbonyl (C=O) groups is 1. The normalized spacial score (nSPS) is 11.2. The second-order valence-electron chi connectivity index (χ2n) is 8.25. The fraction of sp³-hybridized carbons (Fsp3) is 0.440. The molecule has 0 fully saturated rings. The Morgan fingerprint density at radius 3 is 2.82 bits per heavy atom. The van der Waals surface area contributed by atoms with Crippen LogP contribution in [0.2, 0.25) is 5.02 Å². The molecule has 3 N–H and O–H groups in total. The number of imidazole rings is 1. The molecule has 0 radical (unpaired) electrons. The van der Waals surface area contributed by atoms with Crippen LogP contribution in [-0.4, -0.2) is 53.0 Å². The monoisotopic (exact) mass is 489 g/mol. The summed E-state index contributed by atoms with van der Waals surface area (Å²) in [5.74, 6) is -0.648. The summed E-state index contributed by atoms with van der Waals surface area (Å²) in [4.78, 5) is 19.8. The highest BCUT2D eigenvalue weighted by atomic mass is 35.5. The van der Waals surface area contributed by atoms with Crippen molar-refractivity contribution in [1.82, 2.24) is 14.3 Å². The van der Waals surface area contributed by atoms with Gasteiger partial charge in [0.1, 0.15) is 10.8 Å². The molecule has 1 aromatic carbocycles. The largest absolute Gasteiger partial charge is 0.380 e. The lowest BCUT2D eigenvalue weighted by Crippen LogP contribution is -2.36. The fourth-order valence-corrected chi connectivity index (χ4v) is 3.91. The standard InChI is InChI=1S/C25H33ClFN5O2/c1-3-4-14-34-15-13-31(11-6-5-9-28)25(33)19-17-32-12-10-29-24(32)22(26)23(19)30-21-8-7-18(2)16-20(21)27/h7-8,10,12,16-17,30H,3-6,9,11,13-15,28H2,1-2H3. The lowest BCUT2D eigenvalue weighted by molar-refractivity contribution is 0.0635. The summed E-state index contributed by atoms with van der Waals surface area (Å²) in [6, 6.07) is 4.85. The Morgan fingerprint density at radius 1 is 1.26 bits per heavy atom. The third kappa shape index (κ3) is 6.46. The van der Waals surface area contributed by atoms with Crippen molar-refractivity contribution < 1.29 is 13.9 Å². The molecule has 0 unspecified atom stereocenters. The quantitative estimate of drug-likeness (QED) is 0.323. The maximum Gasteiger partial charge on any atom is 0.257 e. The smallest absolute Gasteiger partial charge is 0.257 e. The van der Waals surface area contributed by atoms with Crippen LogP contribution in [-0.2, 0) is 4.74 Å². The first kappa shape index (κ1) is 25.9. The number of hydrogen-bond acceptors (Lipinski definition) is 5. The Labute approximate surface area is 205 Å². The molecule has 0 aliphatic carbocycles. The minimum atomic E-state index is -0.429.